The first-order valence-electron chi connectivity index (χ1n) is 5.95. The Labute approximate surface area is 128 Å². The van der Waals surface area contributed by atoms with Gasteiger partial charge in [0.05, 0.1) is 15.9 Å². The second-order valence-corrected chi connectivity index (χ2v) is 5.79. The number of halogens is 2. The van der Waals surface area contributed by atoms with Crippen molar-refractivity contribution >= 4 is 49.9 Å². The van der Waals surface area contributed by atoms with Crippen molar-refractivity contribution < 1.29 is 9.18 Å². The summed E-state index contributed by atoms with van der Waals surface area (Å²) in [4.78, 5) is 16.3. The lowest BCUT2D eigenvalue weighted by molar-refractivity contribution is 0.102. The number of rotatable bonds is 2. The molecule has 0 aliphatic heterocycles. The summed E-state index contributed by atoms with van der Waals surface area (Å²) in [5.74, 6) is -1.07. The van der Waals surface area contributed by atoms with Crippen molar-refractivity contribution in [2.45, 2.75) is 0 Å². The number of anilines is 2. The molecule has 0 unspecified atom stereocenters. The van der Waals surface area contributed by atoms with Crippen LogP contribution < -0.4 is 11.1 Å². The third kappa shape index (κ3) is 2.81. The van der Waals surface area contributed by atoms with E-state index in [0.29, 0.717) is 10.2 Å². The number of nitrogen functional groups attached to an aromatic ring is 1. The van der Waals surface area contributed by atoms with Crippen LogP contribution in [0.5, 0.6) is 0 Å². The van der Waals surface area contributed by atoms with Crippen LogP contribution in [0.1, 0.15) is 10.4 Å². The van der Waals surface area contributed by atoms with E-state index in [-0.39, 0.29) is 11.3 Å². The van der Waals surface area contributed by atoms with Crippen LogP contribution in [0.2, 0.25) is 5.02 Å². The number of amides is 1. The summed E-state index contributed by atoms with van der Waals surface area (Å²) in [7, 11) is 0. The Morgan fingerprint density at radius 2 is 2.10 bits per heavy atom. The summed E-state index contributed by atoms with van der Waals surface area (Å²) in [6, 6.07) is 9.17. The van der Waals surface area contributed by atoms with Crippen molar-refractivity contribution in [3.8, 4) is 0 Å². The second kappa shape index (κ2) is 5.31. The highest BCUT2D eigenvalue weighted by Gasteiger charge is 2.11. The molecule has 0 bridgehead atoms. The standard InChI is InChI=1S/C14H9ClFN3OS/c15-8-2-4-11-12(6-8)21-14(18-11)19-13(20)7-1-3-10(17)9(16)5-7/h1-6H,17H2,(H,18,19,20). The molecule has 3 aromatic rings. The molecule has 0 saturated carbocycles. The number of hydrogen-bond acceptors (Lipinski definition) is 4. The quantitative estimate of drug-likeness (QED) is 0.703. The van der Waals surface area contributed by atoms with Crippen molar-refractivity contribution in [2.24, 2.45) is 0 Å². The molecular formula is C14H9ClFN3OS. The van der Waals surface area contributed by atoms with Crippen LogP contribution in [-0.2, 0) is 0 Å². The van der Waals surface area contributed by atoms with Gasteiger partial charge in [0, 0.05) is 10.6 Å². The minimum absolute atomic E-state index is 0.00109. The SMILES string of the molecule is Nc1ccc(C(=O)Nc2nc3ccc(Cl)cc3s2)cc1F. The minimum atomic E-state index is -0.626. The van der Waals surface area contributed by atoms with E-state index in [1.54, 1.807) is 18.2 Å². The number of nitrogens with two attached hydrogens (primary N) is 1. The highest BCUT2D eigenvalue weighted by molar-refractivity contribution is 7.22. The summed E-state index contributed by atoms with van der Waals surface area (Å²) in [5, 5.41) is 3.66. The molecule has 7 heteroatoms. The van der Waals surface area contributed by atoms with Gasteiger partial charge in [-0.25, -0.2) is 9.37 Å². The van der Waals surface area contributed by atoms with E-state index in [1.165, 1.54) is 23.5 Å². The fourth-order valence-electron chi connectivity index (χ4n) is 1.79. The number of nitrogens with one attached hydrogen (secondary N) is 1. The maximum atomic E-state index is 13.4. The zero-order valence-corrected chi connectivity index (χ0v) is 12.1. The Balaban J connectivity index is 1.87. The van der Waals surface area contributed by atoms with Gasteiger partial charge in [0.25, 0.3) is 5.91 Å². The molecule has 3 N–H and O–H groups in total. The van der Waals surface area contributed by atoms with E-state index in [9.17, 15) is 9.18 Å². The van der Waals surface area contributed by atoms with E-state index >= 15 is 0 Å². The van der Waals surface area contributed by atoms with Crippen LogP contribution in [0.25, 0.3) is 10.2 Å². The van der Waals surface area contributed by atoms with E-state index in [1.807, 2.05) is 0 Å². The Morgan fingerprint density at radius 1 is 1.29 bits per heavy atom. The van der Waals surface area contributed by atoms with Crippen molar-refractivity contribution in [3.63, 3.8) is 0 Å². The molecule has 0 fully saturated rings. The van der Waals surface area contributed by atoms with Gasteiger partial charge in [0.2, 0.25) is 0 Å². The number of carbonyl (C=O) groups is 1. The van der Waals surface area contributed by atoms with Gasteiger partial charge >= 0.3 is 0 Å². The van der Waals surface area contributed by atoms with E-state index in [0.717, 1.165) is 16.3 Å². The summed E-state index contributed by atoms with van der Waals surface area (Å²) >= 11 is 7.20. The highest BCUT2D eigenvalue weighted by Crippen LogP contribution is 2.28. The summed E-state index contributed by atoms with van der Waals surface area (Å²) in [6.07, 6.45) is 0. The molecule has 2 aromatic carbocycles. The molecule has 21 heavy (non-hydrogen) atoms. The molecule has 0 saturated heterocycles. The van der Waals surface area contributed by atoms with Crippen molar-refractivity contribution in [3.05, 3.63) is 52.8 Å². The number of thiazole rings is 1. The molecule has 0 aliphatic carbocycles. The molecule has 1 heterocycles. The first-order chi connectivity index (χ1) is 10.0. The molecule has 106 valence electrons. The Morgan fingerprint density at radius 3 is 2.86 bits per heavy atom. The van der Waals surface area contributed by atoms with Gasteiger partial charge in [-0.05, 0) is 36.4 Å². The second-order valence-electron chi connectivity index (χ2n) is 4.32. The lowest BCUT2D eigenvalue weighted by Gasteiger charge is -2.02. The summed E-state index contributed by atoms with van der Waals surface area (Å²) in [6.45, 7) is 0. The molecule has 0 aliphatic rings. The Kier molecular flexibility index (Phi) is 3.48. The average molecular weight is 322 g/mol. The zero-order chi connectivity index (χ0) is 15.0. The zero-order valence-electron chi connectivity index (χ0n) is 10.6. The number of nitrogens with zero attached hydrogens (tertiary/aromatic N) is 1. The normalized spacial score (nSPS) is 10.8. The topological polar surface area (TPSA) is 68.0 Å². The molecule has 1 aromatic heterocycles. The van der Waals surface area contributed by atoms with Crippen molar-refractivity contribution in [1.29, 1.82) is 0 Å². The number of aromatic nitrogens is 1. The lowest BCUT2D eigenvalue weighted by Crippen LogP contribution is -2.12. The van der Waals surface area contributed by atoms with Crippen LogP contribution >= 0.6 is 22.9 Å². The lowest BCUT2D eigenvalue weighted by atomic mass is 10.2. The first-order valence-corrected chi connectivity index (χ1v) is 7.15. The van der Waals surface area contributed by atoms with Gasteiger partial charge in [0.1, 0.15) is 5.82 Å². The maximum absolute atomic E-state index is 13.4. The van der Waals surface area contributed by atoms with E-state index in [2.05, 4.69) is 10.3 Å². The first kappa shape index (κ1) is 13.8. The highest BCUT2D eigenvalue weighted by atomic mass is 35.5. The smallest absolute Gasteiger partial charge is 0.257 e. The van der Waals surface area contributed by atoms with Gasteiger partial charge in [-0.3, -0.25) is 10.1 Å². The number of carbonyl (C=O) groups excluding carboxylic acids is 1. The van der Waals surface area contributed by atoms with Crippen LogP contribution in [0, 0.1) is 5.82 Å². The number of hydrogen-bond donors (Lipinski definition) is 2. The van der Waals surface area contributed by atoms with Crippen LogP contribution in [0.4, 0.5) is 15.2 Å². The van der Waals surface area contributed by atoms with Gasteiger partial charge in [-0.15, -0.1) is 0 Å². The van der Waals surface area contributed by atoms with Crippen molar-refractivity contribution in [2.75, 3.05) is 11.1 Å². The minimum Gasteiger partial charge on any atom is -0.396 e. The van der Waals surface area contributed by atoms with Crippen molar-refractivity contribution in [1.82, 2.24) is 4.98 Å². The predicted octanol–water partition coefficient (Wildman–Crippen LogP) is 3.92. The molecule has 0 radical (unpaired) electrons. The fourth-order valence-corrected chi connectivity index (χ4v) is 2.93. The van der Waals surface area contributed by atoms with E-state index in [4.69, 9.17) is 17.3 Å². The van der Waals surface area contributed by atoms with Crippen LogP contribution in [0.3, 0.4) is 0 Å². The number of benzene rings is 2. The predicted molar refractivity (Wildman–Crippen MR) is 83.4 cm³/mol. The molecule has 3 rings (SSSR count). The summed E-state index contributed by atoms with van der Waals surface area (Å²) in [5.41, 5.74) is 6.30. The summed E-state index contributed by atoms with van der Waals surface area (Å²) < 4.78 is 14.2. The van der Waals surface area contributed by atoms with Crippen LogP contribution in [-0.4, -0.2) is 10.9 Å². The monoisotopic (exact) mass is 321 g/mol. The Hall–Kier alpha value is -2.18. The largest absolute Gasteiger partial charge is 0.396 e. The fraction of sp³-hybridized carbons (Fsp3) is 0. The van der Waals surface area contributed by atoms with Gasteiger partial charge in [-0.2, -0.15) is 0 Å². The molecular weight excluding hydrogens is 313 g/mol. The molecule has 0 spiro atoms. The third-order valence-electron chi connectivity index (χ3n) is 2.83. The molecule has 0 atom stereocenters. The van der Waals surface area contributed by atoms with Gasteiger partial charge in [0.15, 0.2) is 5.13 Å². The van der Waals surface area contributed by atoms with Crippen LogP contribution in [0.15, 0.2) is 36.4 Å². The maximum Gasteiger partial charge on any atom is 0.257 e. The van der Waals surface area contributed by atoms with E-state index < -0.39 is 11.7 Å². The van der Waals surface area contributed by atoms with Gasteiger partial charge in [-0.1, -0.05) is 22.9 Å². The average Bonchev–Trinajstić information content (AvgIpc) is 2.83. The van der Waals surface area contributed by atoms with Gasteiger partial charge < -0.3 is 5.73 Å². The third-order valence-corrected chi connectivity index (χ3v) is 4.00. The molecule has 4 nitrogen and oxygen atoms in total. The molecule has 1 amide bonds. The number of fused-ring (bicyclic) bond motifs is 1. The Bertz CT molecular complexity index is 849.